The van der Waals surface area contributed by atoms with E-state index in [1.54, 1.807) is 11.0 Å². The molecule has 0 spiro atoms. The van der Waals surface area contributed by atoms with Crippen molar-refractivity contribution in [2.75, 3.05) is 11.9 Å². The number of benzene rings is 1. The van der Waals surface area contributed by atoms with Crippen LogP contribution in [0.2, 0.25) is 0 Å². The maximum Gasteiger partial charge on any atom is 0.336 e. The molecular weight excluding hydrogens is 332 g/mol. The van der Waals surface area contributed by atoms with Crippen molar-refractivity contribution in [2.45, 2.75) is 33.4 Å². The van der Waals surface area contributed by atoms with Crippen molar-refractivity contribution >= 4 is 22.7 Å². The first kappa shape index (κ1) is 16.4. The summed E-state index contributed by atoms with van der Waals surface area (Å²) in [6.45, 7) is 5.81. The lowest BCUT2D eigenvalue weighted by Crippen LogP contribution is -2.34. The molecule has 1 aromatic carbocycles. The summed E-state index contributed by atoms with van der Waals surface area (Å²) >= 11 is 0. The minimum absolute atomic E-state index is 0.174. The summed E-state index contributed by atoms with van der Waals surface area (Å²) < 4.78 is 7.22. The number of anilines is 1. The second-order valence-electron chi connectivity index (χ2n) is 6.66. The summed E-state index contributed by atoms with van der Waals surface area (Å²) in [4.78, 5) is 26.0. The van der Waals surface area contributed by atoms with Crippen molar-refractivity contribution in [3.8, 4) is 0 Å². The van der Waals surface area contributed by atoms with Crippen molar-refractivity contribution in [1.29, 1.82) is 0 Å². The average Bonchev–Trinajstić information content (AvgIpc) is 2.80. The predicted molar refractivity (Wildman–Crippen MR) is 98.2 cm³/mol. The summed E-state index contributed by atoms with van der Waals surface area (Å²) in [6.07, 6.45) is 0.854. The van der Waals surface area contributed by atoms with Crippen molar-refractivity contribution in [2.24, 2.45) is 0 Å². The van der Waals surface area contributed by atoms with Crippen molar-refractivity contribution in [3.63, 3.8) is 0 Å². The minimum atomic E-state index is -0.394. The minimum Gasteiger partial charge on any atom is -0.423 e. The molecule has 1 aliphatic rings. The number of urea groups is 1. The van der Waals surface area contributed by atoms with E-state index in [0.717, 1.165) is 35.3 Å². The Hall–Kier alpha value is -3.09. The number of carbonyl (C=O) groups excluding carboxylic acids is 1. The Labute approximate surface area is 150 Å². The van der Waals surface area contributed by atoms with Gasteiger partial charge in [0, 0.05) is 36.3 Å². The molecule has 0 unspecified atom stereocenters. The normalized spacial score (nSPS) is 14.2. The second kappa shape index (κ2) is 6.33. The van der Waals surface area contributed by atoms with E-state index in [4.69, 9.17) is 4.42 Å². The molecule has 1 N–H and O–H groups in total. The molecule has 0 bridgehead atoms. The highest BCUT2D eigenvalue weighted by molar-refractivity contribution is 5.92. The highest BCUT2D eigenvalue weighted by atomic mass is 16.4. The molecule has 0 fully saturated rings. The topological polar surface area (TPSA) is 80.4 Å². The fourth-order valence-electron chi connectivity index (χ4n) is 3.38. The molecule has 0 aliphatic carbocycles. The van der Waals surface area contributed by atoms with E-state index in [-0.39, 0.29) is 6.03 Å². The van der Waals surface area contributed by atoms with Crippen LogP contribution in [0, 0.1) is 13.8 Å². The van der Waals surface area contributed by atoms with Gasteiger partial charge in [0.2, 0.25) is 0 Å². The van der Waals surface area contributed by atoms with Crippen LogP contribution in [0.25, 0.3) is 11.0 Å². The van der Waals surface area contributed by atoms with Gasteiger partial charge in [-0.15, -0.1) is 0 Å². The largest absolute Gasteiger partial charge is 0.423 e. The molecule has 7 nitrogen and oxygen atoms in total. The SMILES string of the molecule is Cc1cc2n(n1)CCCN(C(=O)Nc1ccc3c(C)cc(=O)oc3c1)C2. The Balaban J connectivity index is 1.56. The Bertz CT molecular complexity index is 1050. The predicted octanol–water partition coefficient (Wildman–Crippen LogP) is 3.04. The zero-order valence-electron chi connectivity index (χ0n) is 14.8. The first-order valence-electron chi connectivity index (χ1n) is 8.63. The van der Waals surface area contributed by atoms with Gasteiger partial charge >= 0.3 is 11.7 Å². The third-order valence-corrected chi connectivity index (χ3v) is 4.63. The van der Waals surface area contributed by atoms with Crippen LogP contribution in [0.4, 0.5) is 10.5 Å². The average molecular weight is 352 g/mol. The van der Waals surface area contributed by atoms with Crippen molar-refractivity contribution in [1.82, 2.24) is 14.7 Å². The quantitative estimate of drug-likeness (QED) is 0.683. The Kier molecular flexibility index (Phi) is 3.99. The van der Waals surface area contributed by atoms with Gasteiger partial charge in [0.05, 0.1) is 17.9 Å². The van der Waals surface area contributed by atoms with Gasteiger partial charge in [0.15, 0.2) is 0 Å². The summed E-state index contributed by atoms with van der Waals surface area (Å²) in [7, 11) is 0. The molecule has 4 rings (SSSR count). The van der Waals surface area contributed by atoms with E-state index in [1.165, 1.54) is 6.07 Å². The molecule has 26 heavy (non-hydrogen) atoms. The van der Waals surface area contributed by atoms with E-state index in [1.807, 2.05) is 36.7 Å². The van der Waals surface area contributed by atoms with Crippen molar-refractivity contribution in [3.05, 3.63) is 57.7 Å². The molecule has 1 aliphatic heterocycles. The molecule has 2 aromatic heterocycles. The summed E-state index contributed by atoms with van der Waals surface area (Å²) in [5, 5.41) is 8.22. The number of amides is 2. The third-order valence-electron chi connectivity index (χ3n) is 4.63. The number of carbonyl (C=O) groups is 1. The maximum atomic E-state index is 12.7. The fourth-order valence-corrected chi connectivity index (χ4v) is 3.38. The lowest BCUT2D eigenvalue weighted by atomic mass is 10.1. The van der Waals surface area contributed by atoms with Crippen LogP contribution in [0.5, 0.6) is 0 Å². The first-order chi connectivity index (χ1) is 12.5. The first-order valence-corrected chi connectivity index (χ1v) is 8.63. The van der Waals surface area contributed by atoms with Gasteiger partial charge in [-0.2, -0.15) is 5.10 Å². The Morgan fingerprint density at radius 2 is 2.04 bits per heavy atom. The molecule has 0 saturated heterocycles. The Morgan fingerprint density at radius 1 is 1.19 bits per heavy atom. The molecule has 7 heteroatoms. The zero-order valence-corrected chi connectivity index (χ0v) is 14.8. The molecule has 3 heterocycles. The Morgan fingerprint density at radius 3 is 2.88 bits per heavy atom. The highest BCUT2D eigenvalue weighted by Gasteiger charge is 2.20. The fraction of sp³-hybridized carbons (Fsp3) is 0.316. The van der Waals surface area contributed by atoms with Gasteiger partial charge < -0.3 is 14.6 Å². The number of rotatable bonds is 1. The molecule has 0 saturated carbocycles. The highest BCUT2D eigenvalue weighted by Crippen LogP contribution is 2.21. The summed E-state index contributed by atoms with van der Waals surface area (Å²) in [6, 6.07) is 8.66. The van der Waals surface area contributed by atoms with Crippen LogP contribution in [-0.2, 0) is 13.1 Å². The van der Waals surface area contributed by atoms with Gasteiger partial charge in [-0.25, -0.2) is 9.59 Å². The van der Waals surface area contributed by atoms with E-state index >= 15 is 0 Å². The number of fused-ring (bicyclic) bond motifs is 2. The second-order valence-corrected chi connectivity index (χ2v) is 6.66. The van der Waals surface area contributed by atoms with Crippen LogP contribution in [0.3, 0.4) is 0 Å². The lowest BCUT2D eigenvalue weighted by Gasteiger charge is -2.20. The summed E-state index contributed by atoms with van der Waals surface area (Å²) in [5.74, 6) is 0. The van der Waals surface area contributed by atoms with Gasteiger partial charge in [0.1, 0.15) is 5.58 Å². The van der Waals surface area contributed by atoms with Gasteiger partial charge in [-0.3, -0.25) is 4.68 Å². The molecule has 0 atom stereocenters. The molecule has 2 amide bonds. The molecular formula is C19H20N4O3. The molecule has 0 radical (unpaired) electrons. The smallest absolute Gasteiger partial charge is 0.336 e. The van der Waals surface area contributed by atoms with Gasteiger partial charge in [-0.05, 0) is 44.0 Å². The zero-order chi connectivity index (χ0) is 18.3. The monoisotopic (exact) mass is 352 g/mol. The van der Waals surface area contributed by atoms with Crippen LogP contribution in [0.1, 0.15) is 23.4 Å². The van der Waals surface area contributed by atoms with Gasteiger partial charge in [-0.1, -0.05) is 0 Å². The van der Waals surface area contributed by atoms with E-state index < -0.39 is 5.63 Å². The van der Waals surface area contributed by atoms with Crippen LogP contribution in [-0.4, -0.2) is 27.3 Å². The van der Waals surface area contributed by atoms with Crippen LogP contribution >= 0.6 is 0 Å². The molecule has 3 aromatic rings. The standard InChI is InChI=1S/C19H20N4O3/c1-12-8-18(24)26-17-10-14(4-5-16(12)17)20-19(25)22-6-3-7-23-15(11-22)9-13(2)21-23/h4-5,8-10H,3,6-7,11H2,1-2H3,(H,20,25). The molecule has 134 valence electrons. The van der Waals surface area contributed by atoms with Crippen LogP contribution < -0.4 is 10.9 Å². The third kappa shape index (κ3) is 3.08. The van der Waals surface area contributed by atoms with Gasteiger partial charge in [0.25, 0.3) is 0 Å². The maximum absolute atomic E-state index is 12.7. The van der Waals surface area contributed by atoms with E-state index in [9.17, 15) is 9.59 Å². The number of aromatic nitrogens is 2. The number of hydrogen-bond donors (Lipinski definition) is 1. The number of nitrogens with zero attached hydrogens (tertiary/aromatic N) is 3. The van der Waals surface area contributed by atoms with Crippen LogP contribution in [0.15, 0.2) is 39.5 Å². The number of aryl methyl sites for hydroxylation is 3. The van der Waals surface area contributed by atoms with E-state index in [0.29, 0.717) is 24.4 Å². The van der Waals surface area contributed by atoms with E-state index in [2.05, 4.69) is 10.4 Å². The summed E-state index contributed by atoms with van der Waals surface area (Å²) in [5.41, 5.74) is 3.53. The number of nitrogens with one attached hydrogen (secondary N) is 1. The lowest BCUT2D eigenvalue weighted by molar-refractivity contribution is 0.210. The number of hydrogen-bond acceptors (Lipinski definition) is 4. The van der Waals surface area contributed by atoms with Crippen molar-refractivity contribution < 1.29 is 9.21 Å².